The fourth-order valence-electron chi connectivity index (χ4n) is 4.90. The third-order valence-corrected chi connectivity index (χ3v) is 6.36. The van der Waals surface area contributed by atoms with Crippen molar-refractivity contribution in [2.75, 3.05) is 0 Å². The number of hydrogen-bond donors (Lipinski definition) is 1. The minimum absolute atomic E-state index is 0.0439. The van der Waals surface area contributed by atoms with E-state index in [1.54, 1.807) is 0 Å². The Balaban J connectivity index is 1.82. The number of rotatable bonds is 3. The molecule has 3 nitrogen and oxygen atoms in total. The second kappa shape index (κ2) is 3.85. The molecule has 2 aliphatic carbocycles. The van der Waals surface area contributed by atoms with Gasteiger partial charge in [-0.2, -0.15) is 5.10 Å². The Hall–Kier alpha value is -0.830. The second-order valence-corrected chi connectivity index (χ2v) is 7.60. The van der Waals surface area contributed by atoms with E-state index in [4.69, 9.17) is 0 Å². The number of nitrogens with zero attached hydrogens (tertiary/aromatic N) is 2. The lowest BCUT2D eigenvalue weighted by atomic mass is 9.58. The Labute approximate surface area is 116 Å². The zero-order valence-corrected chi connectivity index (χ0v) is 12.6. The molecule has 19 heavy (non-hydrogen) atoms. The number of fused-ring (bicyclic) bond motifs is 2. The molecule has 3 atom stereocenters. The predicted octanol–water partition coefficient (Wildman–Crippen LogP) is 2.93. The molecule has 0 saturated heterocycles. The molecule has 0 radical (unpaired) electrons. The summed E-state index contributed by atoms with van der Waals surface area (Å²) >= 11 is 0. The maximum absolute atomic E-state index is 11.4. The van der Waals surface area contributed by atoms with Gasteiger partial charge in [-0.25, -0.2) is 0 Å². The molecule has 1 heterocycles. The number of aliphatic hydroxyl groups is 1. The Bertz CT molecular complexity index is 486. The number of aromatic nitrogens is 2. The van der Waals surface area contributed by atoms with Crippen molar-refractivity contribution in [2.45, 2.75) is 58.5 Å². The van der Waals surface area contributed by atoms with Crippen molar-refractivity contribution < 1.29 is 5.11 Å². The van der Waals surface area contributed by atoms with Gasteiger partial charge in [0.25, 0.3) is 0 Å². The van der Waals surface area contributed by atoms with Crippen molar-refractivity contribution in [3.05, 3.63) is 18.0 Å². The quantitative estimate of drug-likeness (QED) is 0.909. The Morgan fingerprint density at radius 1 is 1.42 bits per heavy atom. The summed E-state index contributed by atoms with van der Waals surface area (Å²) in [5.74, 6) is 0.691. The van der Waals surface area contributed by atoms with E-state index >= 15 is 0 Å². The molecular weight excluding hydrogens is 236 g/mol. The predicted molar refractivity (Wildman–Crippen MR) is 75.7 cm³/mol. The van der Waals surface area contributed by atoms with E-state index < -0.39 is 5.60 Å². The van der Waals surface area contributed by atoms with E-state index in [-0.39, 0.29) is 10.8 Å². The van der Waals surface area contributed by atoms with Crippen LogP contribution in [0.25, 0.3) is 0 Å². The molecule has 1 N–H and O–H groups in total. The Morgan fingerprint density at radius 2 is 2.16 bits per heavy atom. The molecule has 2 fully saturated rings. The van der Waals surface area contributed by atoms with Crippen molar-refractivity contribution in [2.24, 2.45) is 23.8 Å². The standard InChI is InChI=1S/C16H26N2O/c1-14(2)13-6-7-15(3,9-13)16(14,19)8-5-12-10-17-18(4)11-12/h10-11,13,19H,5-9H2,1-4H3. The van der Waals surface area contributed by atoms with Crippen molar-refractivity contribution >= 4 is 0 Å². The maximum Gasteiger partial charge on any atom is 0.0757 e. The van der Waals surface area contributed by atoms with Gasteiger partial charge in [-0.3, -0.25) is 4.68 Å². The molecule has 0 amide bonds. The zero-order chi connectivity index (χ0) is 13.9. The third kappa shape index (κ3) is 1.63. The lowest BCUT2D eigenvalue weighted by Gasteiger charge is -2.51. The van der Waals surface area contributed by atoms with Crippen molar-refractivity contribution in [3.63, 3.8) is 0 Å². The molecule has 106 valence electrons. The van der Waals surface area contributed by atoms with Crippen LogP contribution in [0.5, 0.6) is 0 Å². The van der Waals surface area contributed by atoms with Crippen LogP contribution in [-0.2, 0) is 13.5 Å². The SMILES string of the molecule is Cn1cc(CCC2(O)C3(C)CCC(C3)C2(C)C)cn1. The fourth-order valence-corrected chi connectivity index (χ4v) is 4.90. The first-order valence-electron chi connectivity index (χ1n) is 7.48. The summed E-state index contributed by atoms with van der Waals surface area (Å²) in [4.78, 5) is 0. The summed E-state index contributed by atoms with van der Waals surface area (Å²) in [7, 11) is 1.95. The lowest BCUT2D eigenvalue weighted by molar-refractivity contribution is -0.147. The van der Waals surface area contributed by atoms with Crippen LogP contribution >= 0.6 is 0 Å². The van der Waals surface area contributed by atoms with Crippen LogP contribution in [0.3, 0.4) is 0 Å². The average Bonchev–Trinajstić information content (AvgIpc) is 2.95. The van der Waals surface area contributed by atoms with Gasteiger partial charge in [0.1, 0.15) is 0 Å². The normalized spacial score (nSPS) is 39.9. The van der Waals surface area contributed by atoms with Crippen molar-refractivity contribution in [1.82, 2.24) is 9.78 Å². The molecule has 2 aliphatic rings. The molecule has 1 aromatic rings. The molecule has 3 heteroatoms. The highest BCUT2D eigenvalue weighted by atomic mass is 16.3. The van der Waals surface area contributed by atoms with Crippen LogP contribution in [0, 0.1) is 16.7 Å². The maximum atomic E-state index is 11.4. The molecule has 0 aromatic carbocycles. The van der Waals surface area contributed by atoms with Crippen LogP contribution in [0.2, 0.25) is 0 Å². The average molecular weight is 262 g/mol. The van der Waals surface area contributed by atoms with E-state index in [0.29, 0.717) is 5.92 Å². The van der Waals surface area contributed by atoms with Crippen molar-refractivity contribution in [3.8, 4) is 0 Å². The van der Waals surface area contributed by atoms with Gasteiger partial charge in [0.2, 0.25) is 0 Å². The lowest BCUT2D eigenvalue weighted by Crippen LogP contribution is -2.54. The van der Waals surface area contributed by atoms with Crippen LogP contribution in [0.15, 0.2) is 12.4 Å². The van der Waals surface area contributed by atoms with Gasteiger partial charge < -0.3 is 5.11 Å². The summed E-state index contributed by atoms with van der Waals surface area (Å²) in [5.41, 5.74) is 0.864. The van der Waals surface area contributed by atoms with Gasteiger partial charge in [0, 0.05) is 13.2 Å². The van der Waals surface area contributed by atoms with E-state index in [0.717, 1.165) is 12.8 Å². The molecule has 2 bridgehead atoms. The smallest absolute Gasteiger partial charge is 0.0757 e. The van der Waals surface area contributed by atoms with Gasteiger partial charge in [0.15, 0.2) is 0 Å². The van der Waals surface area contributed by atoms with Gasteiger partial charge in [-0.05, 0) is 54.4 Å². The highest BCUT2D eigenvalue weighted by molar-refractivity contribution is 5.19. The van der Waals surface area contributed by atoms with Crippen LogP contribution < -0.4 is 0 Å². The summed E-state index contributed by atoms with van der Waals surface area (Å²) in [5, 5.41) is 15.6. The van der Waals surface area contributed by atoms with Gasteiger partial charge in [-0.1, -0.05) is 20.8 Å². The zero-order valence-electron chi connectivity index (χ0n) is 12.6. The van der Waals surface area contributed by atoms with Gasteiger partial charge in [0.05, 0.1) is 11.8 Å². The largest absolute Gasteiger partial charge is 0.389 e. The molecule has 3 unspecified atom stereocenters. The molecule has 0 aliphatic heterocycles. The minimum Gasteiger partial charge on any atom is -0.389 e. The summed E-state index contributed by atoms with van der Waals surface area (Å²) < 4.78 is 1.84. The summed E-state index contributed by atoms with van der Waals surface area (Å²) in [6, 6.07) is 0. The monoisotopic (exact) mass is 262 g/mol. The number of aryl methyl sites for hydroxylation is 2. The highest BCUT2D eigenvalue weighted by Gasteiger charge is 2.67. The van der Waals surface area contributed by atoms with Gasteiger partial charge in [-0.15, -0.1) is 0 Å². The first-order valence-corrected chi connectivity index (χ1v) is 7.48. The highest BCUT2D eigenvalue weighted by Crippen LogP contribution is 2.69. The second-order valence-electron chi connectivity index (χ2n) is 7.60. The molecule has 1 aromatic heterocycles. The van der Waals surface area contributed by atoms with Crippen molar-refractivity contribution in [1.29, 1.82) is 0 Å². The molecule has 0 spiro atoms. The van der Waals surface area contributed by atoms with Crippen LogP contribution in [-0.4, -0.2) is 20.5 Å². The minimum atomic E-state index is -0.529. The Kier molecular flexibility index (Phi) is 2.66. The van der Waals surface area contributed by atoms with E-state index in [2.05, 4.69) is 32.1 Å². The fraction of sp³-hybridized carbons (Fsp3) is 0.812. The van der Waals surface area contributed by atoms with E-state index in [1.165, 1.54) is 24.8 Å². The van der Waals surface area contributed by atoms with Crippen LogP contribution in [0.1, 0.15) is 52.0 Å². The first kappa shape index (κ1) is 13.2. The molecular formula is C16H26N2O. The molecule has 3 rings (SSSR count). The van der Waals surface area contributed by atoms with Crippen LogP contribution in [0.4, 0.5) is 0 Å². The number of hydrogen-bond acceptors (Lipinski definition) is 2. The first-order chi connectivity index (χ1) is 8.78. The topological polar surface area (TPSA) is 38.0 Å². The summed E-state index contributed by atoms with van der Waals surface area (Å²) in [6.45, 7) is 6.83. The molecule has 2 saturated carbocycles. The van der Waals surface area contributed by atoms with E-state index in [1.807, 2.05) is 17.9 Å². The van der Waals surface area contributed by atoms with E-state index in [9.17, 15) is 5.11 Å². The van der Waals surface area contributed by atoms with Gasteiger partial charge >= 0.3 is 0 Å². The third-order valence-electron chi connectivity index (χ3n) is 6.36. The summed E-state index contributed by atoms with van der Waals surface area (Å²) in [6.07, 6.45) is 9.44. The Morgan fingerprint density at radius 3 is 2.68 bits per heavy atom.